The molecular weight excluding hydrogens is 268 g/mol. The third-order valence-corrected chi connectivity index (χ3v) is 6.88. The molecule has 0 bridgehead atoms. The predicted octanol–water partition coefficient (Wildman–Crippen LogP) is 5.57. The van der Waals surface area contributed by atoms with Gasteiger partial charge in [0, 0.05) is 0 Å². The largest absolute Gasteiger partial charge is 0.388 e. The molecule has 3 aliphatic rings. The molecule has 1 heteroatoms. The second-order valence-corrected chi connectivity index (χ2v) is 8.04. The Bertz CT molecular complexity index is 498. The summed E-state index contributed by atoms with van der Waals surface area (Å²) in [5.74, 6) is 1.74. The molecule has 0 saturated heterocycles. The van der Waals surface area contributed by atoms with Gasteiger partial charge in [0.25, 0.3) is 0 Å². The second-order valence-electron chi connectivity index (χ2n) is 8.04. The highest BCUT2D eigenvalue weighted by Gasteiger charge is 2.48. The lowest BCUT2D eigenvalue weighted by Crippen LogP contribution is -2.32. The van der Waals surface area contributed by atoms with Crippen molar-refractivity contribution in [3.05, 3.63) is 35.5 Å². The molecule has 3 aliphatic carbocycles. The van der Waals surface area contributed by atoms with Crippen LogP contribution in [0.1, 0.15) is 71.6 Å². The molecule has 122 valence electrons. The molecule has 3 fully saturated rings. The molecule has 2 unspecified atom stereocenters. The highest BCUT2D eigenvalue weighted by Crippen LogP contribution is 2.58. The van der Waals surface area contributed by atoms with E-state index in [1.807, 2.05) is 0 Å². The number of hydrogen-bond donors (Lipinski definition) is 1. The van der Waals surface area contributed by atoms with Crippen molar-refractivity contribution in [3.8, 4) is 0 Å². The molecule has 0 radical (unpaired) electrons. The highest BCUT2D eigenvalue weighted by molar-refractivity contribution is 5.27. The van der Waals surface area contributed by atoms with Gasteiger partial charge in [0.05, 0.1) is 6.10 Å². The maximum Gasteiger partial charge on any atom is 0.0784 e. The Hall–Kier alpha value is -0.820. The van der Waals surface area contributed by atoms with Gasteiger partial charge in [-0.15, -0.1) is 0 Å². The van der Waals surface area contributed by atoms with Crippen LogP contribution in [0.2, 0.25) is 0 Å². The fourth-order valence-electron chi connectivity index (χ4n) is 5.38. The second kappa shape index (κ2) is 6.35. The smallest absolute Gasteiger partial charge is 0.0784 e. The molecule has 0 aliphatic heterocycles. The lowest BCUT2D eigenvalue weighted by atomic mass is 9.63. The number of rotatable bonds is 2. The van der Waals surface area contributed by atoms with E-state index in [-0.39, 0.29) is 6.10 Å². The van der Waals surface area contributed by atoms with E-state index in [0.29, 0.717) is 5.41 Å². The van der Waals surface area contributed by atoms with Gasteiger partial charge >= 0.3 is 0 Å². The van der Waals surface area contributed by atoms with Crippen LogP contribution in [0, 0.1) is 17.3 Å². The topological polar surface area (TPSA) is 20.2 Å². The Morgan fingerprint density at radius 1 is 1.23 bits per heavy atom. The van der Waals surface area contributed by atoms with Crippen LogP contribution >= 0.6 is 0 Å². The summed E-state index contributed by atoms with van der Waals surface area (Å²) in [5, 5.41) is 9.98. The Morgan fingerprint density at radius 2 is 2.05 bits per heavy atom. The van der Waals surface area contributed by atoms with E-state index in [1.54, 1.807) is 5.57 Å². The van der Waals surface area contributed by atoms with Gasteiger partial charge < -0.3 is 5.11 Å². The number of aliphatic hydroxyl groups excluding tert-OH is 1. The van der Waals surface area contributed by atoms with Gasteiger partial charge in [-0.25, -0.2) is 0 Å². The van der Waals surface area contributed by atoms with E-state index in [1.165, 1.54) is 44.1 Å². The maximum absolute atomic E-state index is 9.98. The van der Waals surface area contributed by atoms with Crippen molar-refractivity contribution < 1.29 is 5.11 Å². The fourth-order valence-corrected chi connectivity index (χ4v) is 5.38. The molecule has 0 amide bonds. The molecular formula is C21H32O. The first-order chi connectivity index (χ1) is 10.5. The number of hydrogen-bond acceptors (Lipinski definition) is 1. The number of allylic oxidation sites excluding steroid dienone is 3. The van der Waals surface area contributed by atoms with E-state index < -0.39 is 0 Å². The van der Waals surface area contributed by atoms with Gasteiger partial charge in [-0.1, -0.05) is 50.1 Å². The zero-order chi connectivity index (χ0) is 15.7. The number of fused-ring (bicyclic) bond motifs is 1. The molecule has 0 aromatic carbocycles. The minimum absolute atomic E-state index is 0.314. The lowest BCUT2D eigenvalue weighted by Gasteiger charge is -2.42. The summed E-state index contributed by atoms with van der Waals surface area (Å²) in [4.78, 5) is 0. The average Bonchev–Trinajstić information content (AvgIpc) is 2.85. The van der Waals surface area contributed by atoms with E-state index in [2.05, 4.69) is 32.6 Å². The normalized spacial score (nSPS) is 42.9. The van der Waals surface area contributed by atoms with Gasteiger partial charge in [-0.05, 0) is 74.2 Å². The van der Waals surface area contributed by atoms with Crippen LogP contribution in [0.4, 0.5) is 0 Å². The molecule has 1 N–H and O–H groups in total. The molecule has 0 aromatic heterocycles. The minimum Gasteiger partial charge on any atom is -0.388 e. The quantitative estimate of drug-likeness (QED) is 0.661. The van der Waals surface area contributed by atoms with Crippen molar-refractivity contribution in [2.24, 2.45) is 17.3 Å². The Balaban J connectivity index is 1.76. The Morgan fingerprint density at radius 3 is 2.77 bits per heavy atom. The van der Waals surface area contributed by atoms with Gasteiger partial charge in [-0.3, -0.25) is 0 Å². The van der Waals surface area contributed by atoms with Crippen LogP contribution in [0.5, 0.6) is 0 Å². The first-order valence-electron chi connectivity index (χ1n) is 9.29. The van der Waals surface area contributed by atoms with E-state index in [4.69, 9.17) is 0 Å². The monoisotopic (exact) mass is 300 g/mol. The molecule has 0 heterocycles. The first-order valence-corrected chi connectivity index (χ1v) is 9.29. The van der Waals surface area contributed by atoms with Gasteiger partial charge in [-0.2, -0.15) is 0 Å². The van der Waals surface area contributed by atoms with Crippen molar-refractivity contribution in [3.63, 3.8) is 0 Å². The molecule has 1 nitrogen and oxygen atoms in total. The van der Waals surface area contributed by atoms with Crippen molar-refractivity contribution in [1.29, 1.82) is 0 Å². The number of aliphatic hydroxyl groups is 1. The third-order valence-electron chi connectivity index (χ3n) is 6.88. The van der Waals surface area contributed by atoms with Crippen molar-refractivity contribution >= 4 is 0 Å². The average molecular weight is 300 g/mol. The van der Waals surface area contributed by atoms with Crippen LogP contribution in [0.3, 0.4) is 0 Å². The predicted molar refractivity (Wildman–Crippen MR) is 93.6 cm³/mol. The van der Waals surface area contributed by atoms with Crippen molar-refractivity contribution in [2.75, 3.05) is 0 Å². The Kier molecular flexibility index (Phi) is 4.64. The Labute approximate surface area is 136 Å². The third kappa shape index (κ3) is 2.85. The SMILES string of the molecule is C=C1CC/C(=C/C=C2\CCC[C@]3(C)C(CC)CCC23)C[C@H]1O. The molecule has 4 atom stereocenters. The standard InChI is InChI=1S/C21H32O/c1-4-18-11-12-19-17(6-5-13-21(18,19)3)10-9-16-8-7-15(2)20(22)14-16/h9-10,18-20,22H,2,4-8,11-14H2,1,3H3/b16-9-,17-10+/t18?,19?,20-,21-/m1/s1. The van der Waals surface area contributed by atoms with E-state index >= 15 is 0 Å². The van der Waals surface area contributed by atoms with Gasteiger partial charge in [0.1, 0.15) is 0 Å². The molecule has 0 aromatic rings. The zero-order valence-corrected chi connectivity index (χ0v) is 14.4. The van der Waals surface area contributed by atoms with E-state index in [9.17, 15) is 5.11 Å². The molecule has 3 saturated carbocycles. The van der Waals surface area contributed by atoms with Crippen LogP contribution in [-0.4, -0.2) is 11.2 Å². The summed E-state index contributed by atoms with van der Waals surface area (Å²) >= 11 is 0. The highest BCUT2D eigenvalue weighted by atomic mass is 16.3. The first kappa shape index (κ1) is 16.1. The van der Waals surface area contributed by atoms with Crippen LogP contribution < -0.4 is 0 Å². The van der Waals surface area contributed by atoms with Crippen LogP contribution in [0.15, 0.2) is 35.5 Å². The molecule has 22 heavy (non-hydrogen) atoms. The summed E-state index contributed by atoms with van der Waals surface area (Å²) in [6, 6.07) is 0. The summed E-state index contributed by atoms with van der Waals surface area (Å²) in [6.45, 7) is 8.88. The van der Waals surface area contributed by atoms with Crippen LogP contribution in [0.25, 0.3) is 0 Å². The van der Waals surface area contributed by atoms with Crippen molar-refractivity contribution in [1.82, 2.24) is 0 Å². The molecule has 0 spiro atoms. The minimum atomic E-state index is -0.314. The summed E-state index contributed by atoms with van der Waals surface area (Å²) < 4.78 is 0. The summed E-state index contributed by atoms with van der Waals surface area (Å²) in [5.41, 5.74) is 4.66. The summed E-state index contributed by atoms with van der Waals surface area (Å²) in [6.07, 6.45) is 15.5. The zero-order valence-electron chi connectivity index (χ0n) is 14.4. The van der Waals surface area contributed by atoms with Crippen LogP contribution in [-0.2, 0) is 0 Å². The van der Waals surface area contributed by atoms with E-state index in [0.717, 1.165) is 36.7 Å². The summed E-state index contributed by atoms with van der Waals surface area (Å²) in [7, 11) is 0. The lowest BCUT2D eigenvalue weighted by molar-refractivity contribution is 0.133. The van der Waals surface area contributed by atoms with Crippen molar-refractivity contribution in [2.45, 2.75) is 77.7 Å². The van der Waals surface area contributed by atoms with Gasteiger partial charge in [0.2, 0.25) is 0 Å². The molecule has 3 rings (SSSR count). The van der Waals surface area contributed by atoms with Gasteiger partial charge in [0.15, 0.2) is 0 Å². The maximum atomic E-state index is 9.98. The fraction of sp³-hybridized carbons (Fsp3) is 0.714.